The van der Waals surface area contributed by atoms with Crippen molar-refractivity contribution in [3.63, 3.8) is 0 Å². The van der Waals surface area contributed by atoms with Crippen LogP contribution in [0.4, 0.5) is 0 Å². The Hall–Kier alpha value is -2.49. The summed E-state index contributed by atoms with van der Waals surface area (Å²) in [7, 11) is 0. The number of rotatable bonds is 1. The van der Waals surface area contributed by atoms with E-state index in [2.05, 4.69) is 10.2 Å². The van der Waals surface area contributed by atoms with Crippen LogP contribution in [-0.4, -0.2) is 20.4 Å². The molecule has 0 saturated heterocycles. The Balaban J connectivity index is 2.31. The number of aromatic hydroxyl groups is 2. The molecule has 0 amide bonds. The van der Waals surface area contributed by atoms with Crippen molar-refractivity contribution in [3.8, 4) is 22.8 Å². The first-order chi connectivity index (χ1) is 8.25. The van der Waals surface area contributed by atoms with Gasteiger partial charge in [0.15, 0.2) is 0 Å². The lowest BCUT2D eigenvalue weighted by molar-refractivity contribution is 0.462. The van der Waals surface area contributed by atoms with Gasteiger partial charge >= 0.3 is 0 Å². The number of hydrogen-bond donors (Lipinski definition) is 3. The summed E-state index contributed by atoms with van der Waals surface area (Å²) < 4.78 is 0. The summed E-state index contributed by atoms with van der Waals surface area (Å²) in [5.74, 6) is 0.199. The van der Waals surface area contributed by atoms with E-state index in [1.54, 1.807) is 0 Å². The molecule has 0 aliphatic rings. The van der Waals surface area contributed by atoms with Gasteiger partial charge in [-0.2, -0.15) is 5.10 Å². The van der Waals surface area contributed by atoms with Crippen molar-refractivity contribution in [1.82, 2.24) is 10.2 Å². The number of phenols is 2. The summed E-state index contributed by atoms with van der Waals surface area (Å²) in [6.45, 7) is 0. The van der Waals surface area contributed by atoms with Crippen molar-refractivity contribution in [2.75, 3.05) is 0 Å². The molecule has 84 valence electrons. The average Bonchev–Trinajstić information content (AvgIpc) is 2.76. The van der Waals surface area contributed by atoms with Crippen LogP contribution in [0.3, 0.4) is 0 Å². The van der Waals surface area contributed by atoms with Crippen LogP contribution < -0.4 is 0 Å². The van der Waals surface area contributed by atoms with Crippen molar-refractivity contribution in [3.05, 3.63) is 42.5 Å². The molecular formula is C13H10N2O2. The fourth-order valence-electron chi connectivity index (χ4n) is 1.88. The monoisotopic (exact) mass is 226 g/mol. The predicted molar refractivity (Wildman–Crippen MR) is 64.9 cm³/mol. The number of fused-ring (bicyclic) bond motifs is 1. The molecule has 1 aromatic heterocycles. The number of para-hydroxylation sites is 1. The van der Waals surface area contributed by atoms with E-state index in [1.807, 2.05) is 24.3 Å². The van der Waals surface area contributed by atoms with Crippen molar-refractivity contribution in [1.29, 1.82) is 0 Å². The van der Waals surface area contributed by atoms with Crippen molar-refractivity contribution in [2.45, 2.75) is 0 Å². The van der Waals surface area contributed by atoms with E-state index in [0.29, 0.717) is 11.3 Å². The quantitative estimate of drug-likeness (QED) is 0.559. The van der Waals surface area contributed by atoms with Gasteiger partial charge in [0, 0.05) is 10.9 Å². The normalized spacial score (nSPS) is 10.8. The summed E-state index contributed by atoms with van der Waals surface area (Å²) in [6.07, 6.45) is 0. The molecule has 17 heavy (non-hydrogen) atoms. The number of nitrogens with one attached hydrogen (secondary N) is 1. The Kier molecular flexibility index (Phi) is 2.01. The Bertz CT molecular complexity index is 689. The summed E-state index contributed by atoms with van der Waals surface area (Å²) in [6, 6.07) is 12.0. The predicted octanol–water partition coefficient (Wildman–Crippen LogP) is 2.64. The first kappa shape index (κ1) is 9.72. The number of aromatic amines is 1. The van der Waals surface area contributed by atoms with E-state index in [-0.39, 0.29) is 11.5 Å². The lowest BCUT2D eigenvalue weighted by Crippen LogP contribution is -1.80. The minimum Gasteiger partial charge on any atom is -0.508 e. The van der Waals surface area contributed by atoms with Crippen LogP contribution in [0.15, 0.2) is 42.5 Å². The SMILES string of the molecule is Oc1ccc(O)c(-c2n[nH]c3ccccc23)c1. The Morgan fingerprint density at radius 2 is 1.82 bits per heavy atom. The third kappa shape index (κ3) is 1.50. The molecule has 0 radical (unpaired) electrons. The van der Waals surface area contributed by atoms with Gasteiger partial charge in [-0.25, -0.2) is 0 Å². The molecule has 0 fully saturated rings. The number of aromatic nitrogens is 2. The maximum absolute atomic E-state index is 9.80. The van der Waals surface area contributed by atoms with E-state index in [4.69, 9.17) is 0 Å². The van der Waals surface area contributed by atoms with Crippen LogP contribution in [0, 0.1) is 0 Å². The summed E-state index contributed by atoms with van der Waals surface area (Å²) >= 11 is 0. The molecule has 0 atom stereocenters. The summed E-state index contributed by atoms with van der Waals surface area (Å²) in [4.78, 5) is 0. The second-order valence-electron chi connectivity index (χ2n) is 3.82. The Morgan fingerprint density at radius 3 is 2.71 bits per heavy atom. The molecular weight excluding hydrogens is 216 g/mol. The standard InChI is InChI=1S/C13H10N2O2/c16-8-5-6-12(17)10(7-8)13-9-3-1-2-4-11(9)14-15-13/h1-7,16-17H,(H,14,15). The van der Waals surface area contributed by atoms with E-state index >= 15 is 0 Å². The smallest absolute Gasteiger partial charge is 0.125 e. The first-order valence-corrected chi connectivity index (χ1v) is 5.21. The van der Waals surface area contributed by atoms with Gasteiger partial charge in [-0.3, -0.25) is 5.10 Å². The van der Waals surface area contributed by atoms with Gasteiger partial charge in [0.25, 0.3) is 0 Å². The van der Waals surface area contributed by atoms with Crippen molar-refractivity contribution in [2.24, 2.45) is 0 Å². The Morgan fingerprint density at radius 1 is 1.00 bits per heavy atom. The van der Waals surface area contributed by atoms with Crippen LogP contribution >= 0.6 is 0 Å². The highest BCUT2D eigenvalue weighted by Gasteiger charge is 2.12. The Labute approximate surface area is 97.2 Å². The number of hydrogen-bond acceptors (Lipinski definition) is 3. The maximum Gasteiger partial charge on any atom is 0.125 e. The molecule has 3 aromatic rings. The molecule has 4 heteroatoms. The minimum atomic E-state index is 0.0973. The number of phenolic OH excluding ortho intramolecular Hbond substituents is 2. The van der Waals surface area contributed by atoms with Gasteiger partial charge in [0.05, 0.1) is 5.52 Å². The van der Waals surface area contributed by atoms with Crippen LogP contribution in [0.5, 0.6) is 11.5 Å². The van der Waals surface area contributed by atoms with E-state index in [1.165, 1.54) is 18.2 Å². The fourth-order valence-corrected chi connectivity index (χ4v) is 1.88. The zero-order valence-electron chi connectivity index (χ0n) is 8.88. The summed E-state index contributed by atoms with van der Waals surface area (Å²) in [5.41, 5.74) is 2.04. The molecule has 0 saturated carbocycles. The topological polar surface area (TPSA) is 69.1 Å². The first-order valence-electron chi connectivity index (χ1n) is 5.21. The van der Waals surface area contributed by atoms with Gasteiger partial charge in [-0.05, 0) is 24.3 Å². The average molecular weight is 226 g/mol. The van der Waals surface area contributed by atoms with Crippen LogP contribution in [0.1, 0.15) is 0 Å². The number of benzene rings is 2. The zero-order chi connectivity index (χ0) is 11.8. The molecule has 0 aliphatic carbocycles. The van der Waals surface area contributed by atoms with Gasteiger partial charge < -0.3 is 10.2 Å². The highest BCUT2D eigenvalue weighted by atomic mass is 16.3. The van der Waals surface area contributed by atoms with Gasteiger partial charge in [0.1, 0.15) is 17.2 Å². The molecule has 0 bridgehead atoms. The molecule has 0 aliphatic heterocycles. The molecule has 0 spiro atoms. The molecule has 1 heterocycles. The molecule has 0 unspecified atom stereocenters. The second kappa shape index (κ2) is 3.52. The number of nitrogens with zero attached hydrogens (tertiary/aromatic N) is 1. The highest BCUT2D eigenvalue weighted by molar-refractivity contribution is 5.94. The van der Waals surface area contributed by atoms with Crippen molar-refractivity contribution >= 4 is 10.9 Å². The maximum atomic E-state index is 9.80. The summed E-state index contributed by atoms with van der Waals surface area (Å²) in [5, 5.41) is 27.2. The minimum absolute atomic E-state index is 0.0973. The fraction of sp³-hybridized carbons (Fsp3) is 0. The van der Waals surface area contributed by atoms with Crippen LogP contribution in [0.2, 0.25) is 0 Å². The van der Waals surface area contributed by atoms with Gasteiger partial charge in [-0.15, -0.1) is 0 Å². The largest absolute Gasteiger partial charge is 0.508 e. The van der Waals surface area contributed by atoms with Gasteiger partial charge in [-0.1, -0.05) is 18.2 Å². The molecule has 3 N–H and O–H groups in total. The second-order valence-corrected chi connectivity index (χ2v) is 3.82. The molecule has 4 nitrogen and oxygen atoms in total. The van der Waals surface area contributed by atoms with Crippen LogP contribution in [-0.2, 0) is 0 Å². The third-order valence-corrected chi connectivity index (χ3v) is 2.71. The van der Waals surface area contributed by atoms with E-state index in [0.717, 1.165) is 10.9 Å². The zero-order valence-corrected chi connectivity index (χ0v) is 8.88. The van der Waals surface area contributed by atoms with Gasteiger partial charge in [0.2, 0.25) is 0 Å². The van der Waals surface area contributed by atoms with E-state index < -0.39 is 0 Å². The molecule has 3 rings (SSSR count). The molecule has 2 aromatic carbocycles. The highest BCUT2D eigenvalue weighted by Crippen LogP contribution is 2.34. The van der Waals surface area contributed by atoms with E-state index in [9.17, 15) is 10.2 Å². The van der Waals surface area contributed by atoms with Crippen molar-refractivity contribution < 1.29 is 10.2 Å². The lowest BCUT2D eigenvalue weighted by Gasteiger charge is -2.02. The number of H-pyrrole nitrogens is 1. The third-order valence-electron chi connectivity index (χ3n) is 2.71. The lowest BCUT2D eigenvalue weighted by atomic mass is 10.1. The van der Waals surface area contributed by atoms with Crippen LogP contribution in [0.25, 0.3) is 22.2 Å².